The van der Waals surface area contributed by atoms with E-state index in [2.05, 4.69) is 10.3 Å². The Hall–Kier alpha value is -1.62. The molecule has 1 heterocycles. The molecule has 0 unspecified atom stereocenters. The number of pyridine rings is 1. The Labute approximate surface area is 121 Å². The Bertz CT molecular complexity index is 420. The standard InChI is InChI=1S/C15H25N3O2/c1-12(10-15(2,3)20-5)17-14(19)18(4)11-13-6-8-16-9-7-13/h6-9,12H,10-11H2,1-5H3,(H,17,19)/t12-/m1/s1. The Kier molecular flexibility index (Phi) is 5.95. The van der Waals surface area contributed by atoms with Gasteiger partial charge >= 0.3 is 6.03 Å². The molecule has 1 atom stereocenters. The van der Waals surface area contributed by atoms with E-state index in [0.29, 0.717) is 6.54 Å². The highest BCUT2D eigenvalue weighted by atomic mass is 16.5. The van der Waals surface area contributed by atoms with E-state index in [0.717, 1.165) is 12.0 Å². The number of rotatable bonds is 6. The topological polar surface area (TPSA) is 54.5 Å². The number of urea groups is 1. The third-order valence-corrected chi connectivity index (χ3v) is 3.24. The van der Waals surface area contributed by atoms with Crippen molar-refractivity contribution in [3.8, 4) is 0 Å². The molecule has 0 radical (unpaired) electrons. The van der Waals surface area contributed by atoms with Gasteiger partial charge in [-0.15, -0.1) is 0 Å². The predicted molar refractivity (Wildman–Crippen MR) is 79.4 cm³/mol. The number of nitrogens with zero attached hydrogens (tertiary/aromatic N) is 2. The van der Waals surface area contributed by atoms with E-state index in [1.54, 1.807) is 31.5 Å². The van der Waals surface area contributed by atoms with Crippen molar-refractivity contribution in [2.24, 2.45) is 0 Å². The molecule has 0 fully saturated rings. The van der Waals surface area contributed by atoms with Crippen molar-refractivity contribution in [1.29, 1.82) is 0 Å². The maximum Gasteiger partial charge on any atom is 0.317 e. The van der Waals surface area contributed by atoms with Gasteiger partial charge in [-0.05, 0) is 44.9 Å². The zero-order valence-corrected chi connectivity index (χ0v) is 13.0. The van der Waals surface area contributed by atoms with Crippen LogP contribution in [0.1, 0.15) is 32.8 Å². The van der Waals surface area contributed by atoms with Gasteiger partial charge in [0.05, 0.1) is 5.60 Å². The molecule has 1 aromatic heterocycles. The highest BCUT2D eigenvalue weighted by Crippen LogP contribution is 2.15. The molecule has 2 amide bonds. The molecule has 0 spiro atoms. The first kappa shape index (κ1) is 16.4. The third kappa shape index (κ3) is 5.57. The number of amides is 2. The first-order valence-corrected chi connectivity index (χ1v) is 6.80. The van der Waals surface area contributed by atoms with Gasteiger partial charge in [-0.3, -0.25) is 4.98 Å². The zero-order valence-electron chi connectivity index (χ0n) is 13.0. The van der Waals surface area contributed by atoms with Crippen molar-refractivity contribution >= 4 is 6.03 Å². The van der Waals surface area contributed by atoms with Crippen LogP contribution in [-0.4, -0.2) is 41.7 Å². The summed E-state index contributed by atoms with van der Waals surface area (Å²) in [6.07, 6.45) is 4.22. The number of nitrogens with one attached hydrogen (secondary N) is 1. The largest absolute Gasteiger partial charge is 0.379 e. The fourth-order valence-corrected chi connectivity index (χ4v) is 2.03. The van der Waals surface area contributed by atoms with E-state index in [1.807, 2.05) is 32.9 Å². The van der Waals surface area contributed by atoms with Crippen LogP contribution < -0.4 is 5.32 Å². The number of carbonyl (C=O) groups excluding carboxylic acids is 1. The number of carbonyl (C=O) groups is 1. The van der Waals surface area contributed by atoms with Crippen molar-refractivity contribution in [2.45, 2.75) is 45.4 Å². The lowest BCUT2D eigenvalue weighted by atomic mass is 10.00. The van der Waals surface area contributed by atoms with Crippen LogP contribution in [0.3, 0.4) is 0 Å². The minimum Gasteiger partial charge on any atom is -0.379 e. The van der Waals surface area contributed by atoms with Gasteiger partial charge in [-0.25, -0.2) is 4.79 Å². The van der Waals surface area contributed by atoms with E-state index in [9.17, 15) is 4.79 Å². The Morgan fingerprint density at radius 3 is 2.60 bits per heavy atom. The van der Waals surface area contributed by atoms with Crippen LogP contribution >= 0.6 is 0 Å². The molecule has 0 aliphatic heterocycles. The van der Waals surface area contributed by atoms with Gasteiger partial charge in [0.2, 0.25) is 0 Å². The minimum atomic E-state index is -0.240. The van der Waals surface area contributed by atoms with Crippen LogP contribution in [0.2, 0.25) is 0 Å². The molecule has 0 saturated heterocycles. The van der Waals surface area contributed by atoms with Crippen LogP contribution in [0.4, 0.5) is 4.79 Å². The number of aromatic nitrogens is 1. The van der Waals surface area contributed by atoms with Gasteiger partial charge in [-0.1, -0.05) is 0 Å². The van der Waals surface area contributed by atoms with Crippen molar-refractivity contribution in [2.75, 3.05) is 14.2 Å². The summed E-state index contributed by atoms with van der Waals surface area (Å²) >= 11 is 0. The molecule has 0 bridgehead atoms. The number of methoxy groups -OCH3 is 1. The second-order valence-corrected chi connectivity index (χ2v) is 5.73. The molecule has 1 N–H and O–H groups in total. The summed E-state index contributed by atoms with van der Waals surface area (Å²) in [5.74, 6) is 0. The van der Waals surface area contributed by atoms with Gasteiger partial charge in [-0.2, -0.15) is 0 Å². The van der Waals surface area contributed by atoms with E-state index >= 15 is 0 Å². The average molecular weight is 279 g/mol. The third-order valence-electron chi connectivity index (χ3n) is 3.24. The fraction of sp³-hybridized carbons (Fsp3) is 0.600. The molecule has 1 aromatic rings. The summed E-state index contributed by atoms with van der Waals surface area (Å²) in [6.45, 7) is 6.57. The van der Waals surface area contributed by atoms with Crippen LogP contribution in [0.15, 0.2) is 24.5 Å². The molecule has 112 valence electrons. The number of hydrogen-bond donors (Lipinski definition) is 1. The summed E-state index contributed by atoms with van der Waals surface area (Å²) in [5, 5.41) is 2.98. The summed E-state index contributed by atoms with van der Waals surface area (Å²) in [7, 11) is 3.47. The smallest absolute Gasteiger partial charge is 0.317 e. The van der Waals surface area contributed by atoms with Gasteiger partial charge in [0.25, 0.3) is 0 Å². The molecule has 5 nitrogen and oxygen atoms in total. The molecule has 0 aromatic carbocycles. The highest BCUT2D eigenvalue weighted by molar-refractivity contribution is 5.74. The van der Waals surface area contributed by atoms with Crippen LogP contribution in [-0.2, 0) is 11.3 Å². The highest BCUT2D eigenvalue weighted by Gasteiger charge is 2.22. The SMILES string of the molecule is COC(C)(C)C[C@@H](C)NC(=O)N(C)Cc1ccncc1. The first-order valence-electron chi connectivity index (χ1n) is 6.80. The maximum atomic E-state index is 12.1. The minimum absolute atomic E-state index is 0.0531. The van der Waals surface area contributed by atoms with Crippen LogP contribution in [0.5, 0.6) is 0 Å². The molecule has 5 heteroatoms. The van der Waals surface area contributed by atoms with E-state index in [4.69, 9.17) is 4.74 Å². The molecule has 0 saturated carbocycles. The van der Waals surface area contributed by atoms with Crippen LogP contribution in [0, 0.1) is 0 Å². The van der Waals surface area contributed by atoms with Gasteiger partial charge < -0.3 is 15.0 Å². The monoisotopic (exact) mass is 279 g/mol. The Morgan fingerprint density at radius 1 is 1.45 bits per heavy atom. The predicted octanol–water partition coefficient (Wildman–Crippen LogP) is 2.43. The summed E-state index contributed by atoms with van der Waals surface area (Å²) in [5.41, 5.74) is 0.818. The quantitative estimate of drug-likeness (QED) is 0.870. The second-order valence-electron chi connectivity index (χ2n) is 5.73. The maximum absolute atomic E-state index is 12.1. The van der Waals surface area contributed by atoms with Crippen molar-refractivity contribution in [3.63, 3.8) is 0 Å². The average Bonchev–Trinajstić information content (AvgIpc) is 2.39. The second kappa shape index (κ2) is 7.24. The van der Waals surface area contributed by atoms with Gasteiger partial charge in [0.1, 0.15) is 0 Å². The number of ether oxygens (including phenoxy) is 1. The van der Waals surface area contributed by atoms with Crippen LogP contribution in [0.25, 0.3) is 0 Å². The lowest BCUT2D eigenvalue weighted by Crippen LogP contribution is -2.44. The number of hydrogen-bond acceptors (Lipinski definition) is 3. The van der Waals surface area contributed by atoms with E-state index in [-0.39, 0.29) is 17.7 Å². The van der Waals surface area contributed by atoms with E-state index < -0.39 is 0 Å². The lowest BCUT2D eigenvalue weighted by Gasteiger charge is -2.28. The Morgan fingerprint density at radius 2 is 2.05 bits per heavy atom. The van der Waals surface area contributed by atoms with E-state index in [1.165, 1.54) is 0 Å². The van der Waals surface area contributed by atoms with Gasteiger partial charge in [0.15, 0.2) is 0 Å². The molecular weight excluding hydrogens is 254 g/mol. The summed E-state index contributed by atoms with van der Waals surface area (Å²) in [4.78, 5) is 17.7. The normalized spacial score (nSPS) is 12.8. The molecule has 20 heavy (non-hydrogen) atoms. The molecular formula is C15H25N3O2. The Balaban J connectivity index is 2.45. The first-order chi connectivity index (χ1) is 9.34. The van der Waals surface area contributed by atoms with Gasteiger partial charge in [0, 0.05) is 39.1 Å². The van der Waals surface area contributed by atoms with Crippen molar-refractivity contribution < 1.29 is 9.53 Å². The fourth-order valence-electron chi connectivity index (χ4n) is 2.03. The molecule has 0 aliphatic rings. The summed E-state index contributed by atoms with van der Waals surface area (Å²) in [6, 6.07) is 3.78. The molecule has 0 aliphatic carbocycles. The van der Waals surface area contributed by atoms with Crippen molar-refractivity contribution in [3.05, 3.63) is 30.1 Å². The zero-order chi connectivity index (χ0) is 15.2. The summed E-state index contributed by atoms with van der Waals surface area (Å²) < 4.78 is 5.37. The van der Waals surface area contributed by atoms with Crippen molar-refractivity contribution in [1.82, 2.24) is 15.2 Å². The lowest BCUT2D eigenvalue weighted by molar-refractivity contribution is 0.00919. The molecule has 1 rings (SSSR count).